The molecule has 0 heterocycles. The summed E-state index contributed by atoms with van der Waals surface area (Å²) in [4.78, 5) is 0. The van der Waals surface area contributed by atoms with Gasteiger partial charge in [0.05, 0.1) is 5.75 Å². The zero-order chi connectivity index (χ0) is 13.6. The minimum atomic E-state index is -2.92. The van der Waals surface area contributed by atoms with E-state index in [-0.39, 0.29) is 11.8 Å². The normalized spacial score (nSPS) is 12.8. The SMILES string of the molecule is C[C@@H](CCS(C)(=O)=O)NC(=S)Nc1ccccc1. The molecule has 0 saturated carbocycles. The van der Waals surface area contributed by atoms with Gasteiger partial charge in [0.25, 0.3) is 0 Å². The number of para-hydroxylation sites is 1. The number of hydrogen-bond acceptors (Lipinski definition) is 3. The number of sulfone groups is 1. The zero-order valence-electron chi connectivity index (χ0n) is 10.5. The smallest absolute Gasteiger partial charge is 0.170 e. The molecule has 4 nitrogen and oxygen atoms in total. The Labute approximate surface area is 114 Å². The van der Waals surface area contributed by atoms with E-state index in [0.717, 1.165) is 5.69 Å². The second-order valence-corrected chi connectivity index (χ2v) is 6.95. The highest BCUT2D eigenvalue weighted by Gasteiger charge is 2.08. The third-order valence-electron chi connectivity index (χ3n) is 2.33. The maximum atomic E-state index is 11.0. The fourth-order valence-corrected chi connectivity index (χ4v) is 2.48. The molecule has 0 aliphatic rings. The molecule has 0 radical (unpaired) electrons. The summed E-state index contributed by atoms with van der Waals surface area (Å²) < 4.78 is 22.1. The molecule has 0 spiro atoms. The Morgan fingerprint density at radius 1 is 1.33 bits per heavy atom. The molecule has 100 valence electrons. The zero-order valence-corrected chi connectivity index (χ0v) is 12.1. The van der Waals surface area contributed by atoms with Crippen molar-refractivity contribution < 1.29 is 8.42 Å². The van der Waals surface area contributed by atoms with Crippen LogP contribution >= 0.6 is 12.2 Å². The molecule has 0 saturated heterocycles. The van der Waals surface area contributed by atoms with Crippen molar-refractivity contribution >= 4 is 32.9 Å². The number of nitrogens with one attached hydrogen (secondary N) is 2. The minimum Gasteiger partial charge on any atom is -0.360 e. The number of anilines is 1. The first kappa shape index (κ1) is 14.9. The Balaban J connectivity index is 2.36. The van der Waals surface area contributed by atoms with Gasteiger partial charge < -0.3 is 10.6 Å². The van der Waals surface area contributed by atoms with Gasteiger partial charge in [0.2, 0.25) is 0 Å². The van der Waals surface area contributed by atoms with Crippen molar-refractivity contribution in [1.82, 2.24) is 5.32 Å². The van der Waals surface area contributed by atoms with Crippen molar-refractivity contribution in [2.75, 3.05) is 17.3 Å². The van der Waals surface area contributed by atoms with Crippen molar-refractivity contribution in [2.45, 2.75) is 19.4 Å². The topological polar surface area (TPSA) is 58.2 Å². The van der Waals surface area contributed by atoms with Gasteiger partial charge in [-0.05, 0) is 37.7 Å². The Hall–Kier alpha value is -1.14. The summed E-state index contributed by atoms with van der Waals surface area (Å²) in [5, 5.41) is 6.60. The molecule has 18 heavy (non-hydrogen) atoms. The maximum absolute atomic E-state index is 11.0. The first-order valence-electron chi connectivity index (χ1n) is 5.67. The lowest BCUT2D eigenvalue weighted by Crippen LogP contribution is -2.36. The van der Waals surface area contributed by atoms with Crippen LogP contribution in [0.5, 0.6) is 0 Å². The van der Waals surface area contributed by atoms with Gasteiger partial charge in [-0.2, -0.15) is 0 Å². The Kier molecular flexibility index (Phi) is 5.55. The van der Waals surface area contributed by atoms with Crippen molar-refractivity contribution in [3.05, 3.63) is 30.3 Å². The average Bonchev–Trinajstić information content (AvgIpc) is 2.26. The van der Waals surface area contributed by atoms with E-state index in [4.69, 9.17) is 12.2 Å². The molecular formula is C12H18N2O2S2. The fraction of sp³-hybridized carbons (Fsp3) is 0.417. The van der Waals surface area contributed by atoms with E-state index >= 15 is 0 Å². The van der Waals surface area contributed by atoms with E-state index in [1.54, 1.807) is 0 Å². The van der Waals surface area contributed by atoms with Gasteiger partial charge in [-0.25, -0.2) is 8.42 Å². The van der Waals surface area contributed by atoms with Crippen LogP contribution in [0.2, 0.25) is 0 Å². The molecule has 0 aromatic heterocycles. The van der Waals surface area contributed by atoms with Gasteiger partial charge in [-0.3, -0.25) is 0 Å². The molecule has 0 amide bonds. The molecular weight excluding hydrogens is 268 g/mol. The standard InChI is InChI=1S/C12H18N2O2S2/c1-10(8-9-18(2,15)16)13-12(17)14-11-6-4-3-5-7-11/h3-7,10H,8-9H2,1-2H3,(H2,13,14,17)/t10-/m0/s1. The van der Waals surface area contributed by atoms with Crippen LogP contribution in [0.4, 0.5) is 5.69 Å². The van der Waals surface area contributed by atoms with Crippen LogP contribution in [-0.2, 0) is 9.84 Å². The van der Waals surface area contributed by atoms with Crippen molar-refractivity contribution in [1.29, 1.82) is 0 Å². The summed E-state index contributed by atoms with van der Waals surface area (Å²) in [6.45, 7) is 1.91. The van der Waals surface area contributed by atoms with Crippen LogP contribution in [0.3, 0.4) is 0 Å². The number of thiocarbonyl (C=S) groups is 1. The lowest BCUT2D eigenvalue weighted by atomic mass is 10.3. The summed E-state index contributed by atoms with van der Waals surface area (Å²) in [5.41, 5.74) is 0.908. The van der Waals surface area contributed by atoms with Gasteiger partial charge in [-0.1, -0.05) is 18.2 Å². The van der Waals surface area contributed by atoms with Crippen molar-refractivity contribution in [3.63, 3.8) is 0 Å². The predicted octanol–water partition coefficient (Wildman–Crippen LogP) is 1.80. The molecule has 2 N–H and O–H groups in total. The lowest BCUT2D eigenvalue weighted by Gasteiger charge is -2.16. The first-order chi connectivity index (χ1) is 8.37. The summed E-state index contributed by atoms with van der Waals surface area (Å²) in [6, 6.07) is 9.60. The van der Waals surface area contributed by atoms with Crippen molar-refractivity contribution in [3.8, 4) is 0 Å². The third-order valence-corrected chi connectivity index (χ3v) is 3.53. The molecule has 1 atom stereocenters. The summed E-state index contributed by atoms with van der Waals surface area (Å²) in [6.07, 6.45) is 1.77. The Morgan fingerprint density at radius 2 is 1.94 bits per heavy atom. The largest absolute Gasteiger partial charge is 0.360 e. The highest BCUT2D eigenvalue weighted by molar-refractivity contribution is 7.90. The van der Waals surface area contributed by atoms with Crippen LogP contribution in [0.1, 0.15) is 13.3 Å². The molecule has 0 fully saturated rings. The molecule has 1 aromatic carbocycles. The highest BCUT2D eigenvalue weighted by Crippen LogP contribution is 2.05. The molecule has 0 bridgehead atoms. The average molecular weight is 286 g/mol. The minimum absolute atomic E-state index is 0.0171. The van der Waals surface area contributed by atoms with Gasteiger partial charge in [-0.15, -0.1) is 0 Å². The number of rotatable bonds is 5. The van der Waals surface area contributed by atoms with E-state index in [9.17, 15) is 8.42 Å². The van der Waals surface area contributed by atoms with Gasteiger partial charge in [0, 0.05) is 18.0 Å². The van der Waals surface area contributed by atoms with Crippen LogP contribution < -0.4 is 10.6 Å². The summed E-state index contributed by atoms with van der Waals surface area (Å²) in [7, 11) is -2.92. The Bertz CT molecular complexity index is 486. The summed E-state index contributed by atoms with van der Waals surface area (Å²) in [5.74, 6) is 0.162. The van der Waals surface area contributed by atoms with E-state index in [1.165, 1.54) is 6.26 Å². The van der Waals surface area contributed by atoms with Crippen LogP contribution in [0.25, 0.3) is 0 Å². The second kappa shape index (κ2) is 6.70. The maximum Gasteiger partial charge on any atom is 0.170 e. The lowest BCUT2D eigenvalue weighted by molar-refractivity contribution is 0.585. The van der Waals surface area contributed by atoms with Crippen molar-refractivity contribution in [2.24, 2.45) is 0 Å². The first-order valence-corrected chi connectivity index (χ1v) is 8.14. The number of benzene rings is 1. The van der Waals surface area contributed by atoms with E-state index in [2.05, 4.69) is 10.6 Å². The molecule has 0 aliphatic carbocycles. The van der Waals surface area contributed by atoms with E-state index in [0.29, 0.717) is 11.5 Å². The van der Waals surface area contributed by atoms with E-state index in [1.807, 2.05) is 37.3 Å². The van der Waals surface area contributed by atoms with E-state index < -0.39 is 9.84 Å². The van der Waals surface area contributed by atoms with Crippen LogP contribution in [0, 0.1) is 0 Å². The molecule has 0 unspecified atom stereocenters. The number of hydrogen-bond donors (Lipinski definition) is 2. The summed E-state index contributed by atoms with van der Waals surface area (Å²) >= 11 is 5.15. The molecule has 1 aromatic rings. The third kappa shape index (κ3) is 6.56. The molecule has 0 aliphatic heterocycles. The van der Waals surface area contributed by atoms with Crippen LogP contribution in [0.15, 0.2) is 30.3 Å². The predicted molar refractivity (Wildman–Crippen MR) is 79.6 cm³/mol. The highest BCUT2D eigenvalue weighted by atomic mass is 32.2. The Morgan fingerprint density at radius 3 is 2.50 bits per heavy atom. The van der Waals surface area contributed by atoms with Crippen LogP contribution in [-0.4, -0.2) is 31.6 Å². The quantitative estimate of drug-likeness (QED) is 0.808. The second-order valence-electron chi connectivity index (χ2n) is 4.28. The molecule has 6 heteroatoms. The van der Waals surface area contributed by atoms with Gasteiger partial charge >= 0.3 is 0 Å². The fourth-order valence-electron chi connectivity index (χ4n) is 1.38. The monoisotopic (exact) mass is 286 g/mol. The molecule has 1 rings (SSSR count). The van der Waals surface area contributed by atoms with Gasteiger partial charge in [0.15, 0.2) is 5.11 Å². The van der Waals surface area contributed by atoms with Gasteiger partial charge in [0.1, 0.15) is 9.84 Å².